The minimum atomic E-state index is -0.111. The van der Waals surface area contributed by atoms with Crippen LogP contribution in [0.15, 0.2) is 48.5 Å². The molecule has 0 atom stereocenters. The van der Waals surface area contributed by atoms with Crippen LogP contribution in [0, 0.1) is 0 Å². The van der Waals surface area contributed by atoms with Crippen molar-refractivity contribution < 1.29 is 9.59 Å². The van der Waals surface area contributed by atoms with Crippen LogP contribution in [-0.2, 0) is 24.3 Å². The van der Waals surface area contributed by atoms with Crippen LogP contribution >= 0.6 is 0 Å². The topological polar surface area (TPSA) is 92.2 Å². The second-order valence-corrected chi connectivity index (χ2v) is 8.48. The summed E-state index contributed by atoms with van der Waals surface area (Å²) in [4.78, 5) is 26.1. The molecule has 2 N–H and O–H groups in total. The highest BCUT2D eigenvalue weighted by molar-refractivity contribution is 5.94. The van der Waals surface area contributed by atoms with E-state index in [1.807, 2.05) is 48.3 Å². The number of aromatic nitrogens is 3. The summed E-state index contributed by atoms with van der Waals surface area (Å²) in [6, 6.07) is 15.2. The highest BCUT2D eigenvalue weighted by Crippen LogP contribution is 2.24. The van der Waals surface area contributed by atoms with Crippen LogP contribution in [0.25, 0.3) is 11.4 Å². The number of likely N-dealkylation sites (N-methyl/N-ethyl adjacent to an activating group) is 1. The molecular formula is C25H30N6O2. The van der Waals surface area contributed by atoms with Gasteiger partial charge in [0.1, 0.15) is 5.82 Å². The third-order valence-electron chi connectivity index (χ3n) is 5.85. The fraction of sp³-hybridized carbons (Fsp3) is 0.360. The monoisotopic (exact) mass is 446 g/mol. The molecule has 2 amide bonds. The van der Waals surface area contributed by atoms with E-state index >= 15 is 0 Å². The lowest BCUT2D eigenvalue weighted by molar-refractivity contribution is -0.117. The SMILES string of the molecule is CNC(=O)c1ccc(CN(C)CC(=O)Nc2ccc(-c3nnc4n3CCCCC4)cc2)cc1. The Hall–Kier alpha value is -3.52. The van der Waals surface area contributed by atoms with E-state index in [-0.39, 0.29) is 18.4 Å². The van der Waals surface area contributed by atoms with Gasteiger partial charge in [-0.1, -0.05) is 18.6 Å². The first-order valence-corrected chi connectivity index (χ1v) is 11.4. The summed E-state index contributed by atoms with van der Waals surface area (Å²) >= 11 is 0. The van der Waals surface area contributed by atoms with E-state index in [0.717, 1.165) is 47.8 Å². The van der Waals surface area contributed by atoms with Crippen LogP contribution in [0.4, 0.5) is 5.69 Å². The van der Waals surface area contributed by atoms with Gasteiger partial charge in [-0.3, -0.25) is 14.5 Å². The average molecular weight is 447 g/mol. The van der Waals surface area contributed by atoms with E-state index in [4.69, 9.17) is 0 Å². The fourth-order valence-electron chi connectivity index (χ4n) is 4.12. The van der Waals surface area contributed by atoms with E-state index in [2.05, 4.69) is 25.4 Å². The number of carbonyl (C=O) groups excluding carboxylic acids is 2. The van der Waals surface area contributed by atoms with E-state index in [1.54, 1.807) is 19.2 Å². The number of hydrogen-bond acceptors (Lipinski definition) is 5. The maximum atomic E-state index is 12.5. The first-order chi connectivity index (χ1) is 16.0. The van der Waals surface area contributed by atoms with Crippen molar-refractivity contribution >= 4 is 17.5 Å². The maximum absolute atomic E-state index is 12.5. The van der Waals surface area contributed by atoms with Crippen molar-refractivity contribution in [1.82, 2.24) is 25.0 Å². The van der Waals surface area contributed by atoms with Crippen molar-refractivity contribution in [3.05, 3.63) is 65.5 Å². The predicted molar refractivity (Wildman–Crippen MR) is 128 cm³/mol. The Morgan fingerprint density at radius 2 is 1.76 bits per heavy atom. The summed E-state index contributed by atoms with van der Waals surface area (Å²) in [5.74, 6) is 1.77. The summed E-state index contributed by atoms with van der Waals surface area (Å²) in [5.41, 5.74) is 3.41. The van der Waals surface area contributed by atoms with E-state index in [9.17, 15) is 9.59 Å². The molecule has 1 aromatic heterocycles. The second kappa shape index (κ2) is 10.4. The summed E-state index contributed by atoms with van der Waals surface area (Å²) in [6.45, 7) is 1.83. The predicted octanol–water partition coefficient (Wildman–Crippen LogP) is 3.10. The number of nitrogens with one attached hydrogen (secondary N) is 2. The molecule has 0 fully saturated rings. The molecule has 3 aromatic rings. The van der Waals surface area contributed by atoms with Crippen LogP contribution in [0.2, 0.25) is 0 Å². The first kappa shape index (κ1) is 22.7. The van der Waals surface area contributed by atoms with Gasteiger partial charge in [0.15, 0.2) is 5.82 Å². The molecule has 0 spiro atoms. The number of hydrogen-bond donors (Lipinski definition) is 2. The highest BCUT2D eigenvalue weighted by atomic mass is 16.2. The minimum Gasteiger partial charge on any atom is -0.355 e. The quantitative estimate of drug-likeness (QED) is 0.582. The van der Waals surface area contributed by atoms with Gasteiger partial charge in [-0.05, 0) is 61.9 Å². The second-order valence-electron chi connectivity index (χ2n) is 8.48. The van der Waals surface area contributed by atoms with Gasteiger partial charge in [0, 0.05) is 43.4 Å². The number of anilines is 1. The molecule has 2 aromatic carbocycles. The first-order valence-electron chi connectivity index (χ1n) is 11.4. The number of rotatable bonds is 7. The molecule has 8 nitrogen and oxygen atoms in total. The Morgan fingerprint density at radius 3 is 2.48 bits per heavy atom. The summed E-state index contributed by atoms with van der Waals surface area (Å²) in [6.07, 6.45) is 4.52. The molecule has 0 bridgehead atoms. The van der Waals surface area contributed by atoms with Gasteiger partial charge < -0.3 is 15.2 Å². The van der Waals surface area contributed by atoms with Gasteiger partial charge in [0.25, 0.3) is 5.91 Å². The Labute approximate surface area is 194 Å². The van der Waals surface area contributed by atoms with Gasteiger partial charge in [-0.25, -0.2) is 0 Å². The molecule has 1 aliphatic heterocycles. The summed E-state index contributed by atoms with van der Waals surface area (Å²) in [7, 11) is 3.51. The Morgan fingerprint density at radius 1 is 1.00 bits per heavy atom. The highest BCUT2D eigenvalue weighted by Gasteiger charge is 2.16. The molecule has 0 unspecified atom stereocenters. The molecule has 2 heterocycles. The molecule has 0 radical (unpaired) electrons. The normalized spacial score (nSPS) is 13.3. The molecule has 33 heavy (non-hydrogen) atoms. The Balaban J connectivity index is 1.31. The molecular weight excluding hydrogens is 416 g/mol. The van der Waals surface area contributed by atoms with Crippen molar-refractivity contribution in [3.8, 4) is 11.4 Å². The van der Waals surface area contributed by atoms with Crippen LogP contribution in [0.5, 0.6) is 0 Å². The molecule has 8 heteroatoms. The molecule has 0 saturated carbocycles. The van der Waals surface area contributed by atoms with Crippen LogP contribution < -0.4 is 10.6 Å². The van der Waals surface area contributed by atoms with Crippen molar-refractivity contribution in [2.24, 2.45) is 0 Å². The average Bonchev–Trinajstić information content (AvgIpc) is 3.07. The van der Waals surface area contributed by atoms with Gasteiger partial charge in [-0.2, -0.15) is 0 Å². The Bertz CT molecular complexity index is 1100. The van der Waals surface area contributed by atoms with Crippen LogP contribution in [0.3, 0.4) is 0 Å². The third-order valence-corrected chi connectivity index (χ3v) is 5.85. The number of amides is 2. The van der Waals surface area contributed by atoms with Gasteiger partial charge in [0.2, 0.25) is 5.91 Å². The van der Waals surface area contributed by atoms with E-state index < -0.39 is 0 Å². The largest absolute Gasteiger partial charge is 0.355 e. The van der Waals surface area contributed by atoms with Crippen molar-refractivity contribution in [3.63, 3.8) is 0 Å². The zero-order chi connectivity index (χ0) is 23.2. The van der Waals surface area contributed by atoms with E-state index in [0.29, 0.717) is 12.1 Å². The van der Waals surface area contributed by atoms with Gasteiger partial charge in [-0.15, -0.1) is 10.2 Å². The molecule has 0 aliphatic carbocycles. The number of carbonyl (C=O) groups is 2. The zero-order valence-corrected chi connectivity index (χ0v) is 19.2. The minimum absolute atomic E-state index is 0.0800. The van der Waals surface area contributed by atoms with Crippen molar-refractivity contribution in [2.45, 2.75) is 38.8 Å². The lowest BCUT2D eigenvalue weighted by Crippen LogP contribution is -2.29. The molecule has 172 valence electrons. The van der Waals surface area contributed by atoms with Crippen LogP contribution in [-0.4, -0.2) is 52.1 Å². The number of nitrogens with zero attached hydrogens (tertiary/aromatic N) is 4. The lowest BCUT2D eigenvalue weighted by Gasteiger charge is -2.16. The van der Waals surface area contributed by atoms with Crippen molar-refractivity contribution in [2.75, 3.05) is 26.0 Å². The molecule has 0 saturated heterocycles. The molecule has 4 rings (SSSR count). The number of aryl methyl sites for hydroxylation is 1. The summed E-state index contributed by atoms with van der Waals surface area (Å²) in [5, 5.41) is 14.3. The Kier molecular flexibility index (Phi) is 7.14. The lowest BCUT2D eigenvalue weighted by atomic mass is 10.1. The van der Waals surface area contributed by atoms with Crippen molar-refractivity contribution in [1.29, 1.82) is 0 Å². The maximum Gasteiger partial charge on any atom is 0.251 e. The summed E-state index contributed by atoms with van der Waals surface area (Å²) < 4.78 is 2.22. The third kappa shape index (κ3) is 5.64. The number of benzene rings is 2. The smallest absolute Gasteiger partial charge is 0.251 e. The number of fused-ring (bicyclic) bond motifs is 1. The molecule has 1 aliphatic rings. The van der Waals surface area contributed by atoms with E-state index in [1.165, 1.54) is 12.8 Å². The van der Waals surface area contributed by atoms with Crippen LogP contribution in [0.1, 0.15) is 41.0 Å². The fourth-order valence-corrected chi connectivity index (χ4v) is 4.12. The zero-order valence-electron chi connectivity index (χ0n) is 19.2. The standard InChI is InChI=1S/C25H30N6O2/c1-26-25(33)20-9-7-18(8-10-20)16-30(2)17-23(32)27-21-13-11-19(12-14-21)24-29-28-22-6-4-3-5-15-31(22)24/h7-14H,3-6,15-17H2,1-2H3,(H,26,33)(H,27,32). The van der Waals surface area contributed by atoms with Gasteiger partial charge >= 0.3 is 0 Å². The van der Waals surface area contributed by atoms with Gasteiger partial charge in [0.05, 0.1) is 6.54 Å².